The molecule has 1 aliphatic carbocycles. The van der Waals surface area contributed by atoms with Crippen LogP contribution in [0.5, 0.6) is 0 Å². The van der Waals surface area contributed by atoms with Crippen LogP contribution < -0.4 is 0 Å². The molecule has 0 heterocycles. The average molecular weight is 290 g/mol. The monoisotopic (exact) mass is 290 g/mol. The summed E-state index contributed by atoms with van der Waals surface area (Å²) in [7, 11) is 0. The van der Waals surface area contributed by atoms with Crippen molar-refractivity contribution in [1.82, 2.24) is 0 Å². The largest absolute Gasteiger partial charge is 0.299 e. The standard InChI is InChI=1S/C21H22O/c22-21-14-8-7-13-20(21)19(18-11-5-2-6-12-18)16-15-17-9-3-1-4-10-17/h1-6,9-12,15-16,19-20H,7-8,13-14H2/b16-15+/t19-,20-/m1/s1. The third-order valence-electron chi connectivity index (χ3n) is 4.52. The third kappa shape index (κ3) is 3.54. The van der Waals surface area contributed by atoms with Gasteiger partial charge in [0.25, 0.3) is 0 Å². The third-order valence-corrected chi connectivity index (χ3v) is 4.52. The molecule has 2 aromatic rings. The quantitative estimate of drug-likeness (QED) is 0.752. The fourth-order valence-electron chi connectivity index (χ4n) is 3.32. The molecule has 1 nitrogen and oxygen atoms in total. The SMILES string of the molecule is O=C1CCCC[C@@H]1[C@H](/C=C/c1ccccc1)c1ccccc1. The first-order valence-electron chi connectivity index (χ1n) is 8.15. The van der Waals surface area contributed by atoms with Gasteiger partial charge in [0, 0.05) is 18.3 Å². The minimum atomic E-state index is 0.135. The van der Waals surface area contributed by atoms with Gasteiger partial charge >= 0.3 is 0 Å². The second-order valence-electron chi connectivity index (χ2n) is 6.02. The van der Waals surface area contributed by atoms with Crippen molar-refractivity contribution >= 4 is 11.9 Å². The molecule has 1 heteroatoms. The van der Waals surface area contributed by atoms with Crippen molar-refractivity contribution in [2.24, 2.45) is 5.92 Å². The highest BCUT2D eigenvalue weighted by Crippen LogP contribution is 2.35. The predicted molar refractivity (Wildman–Crippen MR) is 91.6 cm³/mol. The van der Waals surface area contributed by atoms with Crippen LogP contribution in [0.2, 0.25) is 0 Å². The lowest BCUT2D eigenvalue weighted by atomic mass is 9.75. The highest BCUT2D eigenvalue weighted by atomic mass is 16.1. The summed E-state index contributed by atoms with van der Waals surface area (Å²) in [6.07, 6.45) is 8.35. The van der Waals surface area contributed by atoms with Crippen molar-refractivity contribution in [2.75, 3.05) is 0 Å². The van der Waals surface area contributed by atoms with Crippen molar-refractivity contribution in [2.45, 2.75) is 31.6 Å². The molecule has 0 aromatic heterocycles. The van der Waals surface area contributed by atoms with Crippen LogP contribution >= 0.6 is 0 Å². The molecule has 0 saturated heterocycles. The van der Waals surface area contributed by atoms with Crippen LogP contribution in [-0.2, 0) is 4.79 Å². The Labute approximate surface area is 132 Å². The van der Waals surface area contributed by atoms with Crippen LogP contribution in [0.1, 0.15) is 42.7 Å². The first-order valence-corrected chi connectivity index (χ1v) is 8.15. The molecular weight excluding hydrogens is 268 g/mol. The van der Waals surface area contributed by atoms with E-state index in [0.717, 1.165) is 19.3 Å². The van der Waals surface area contributed by atoms with Gasteiger partial charge in [-0.25, -0.2) is 0 Å². The first kappa shape index (κ1) is 14.8. The molecule has 1 aliphatic rings. The number of Topliss-reactive ketones (excluding diaryl/α,β-unsaturated/α-hetero) is 1. The summed E-state index contributed by atoms with van der Waals surface area (Å²) in [6.45, 7) is 0. The zero-order valence-electron chi connectivity index (χ0n) is 12.8. The van der Waals surface area contributed by atoms with E-state index in [0.29, 0.717) is 5.78 Å². The Morgan fingerprint density at radius 2 is 1.59 bits per heavy atom. The molecule has 0 bridgehead atoms. The molecule has 0 unspecified atom stereocenters. The van der Waals surface area contributed by atoms with Crippen molar-refractivity contribution in [3.05, 3.63) is 77.9 Å². The summed E-state index contributed by atoms with van der Waals surface area (Å²) in [5.41, 5.74) is 2.43. The summed E-state index contributed by atoms with van der Waals surface area (Å²) >= 11 is 0. The van der Waals surface area contributed by atoms with Crippen molar-refractivity contribution in [3.63, 3.8) is 0 Å². The van der Waals surface area contributed by atoms with Gasteiger partial charge < -0.3 is 0 Å². The van der Waals surface area contributed by atoms with Gasteiger partial charge in [-0.3, -0.25) is 4.79 Å². The predicted octanol–water partition coefficient (Wildman–Crippen LogP) is 5.24. The summed E-state index contributed by atoms with van der Waals surface area (Å²) < 4.78 is 0. The van der Waals surface area contributed by atoms with Gasteiger partial charge in [0.2, 0.25) is 0 Å². The minimum Gasteiger partial charge on any atom is -0.299 e. The number of allylic oxidation sites excluding steroid dienone is 1. The van der Waals surface area contributed by atoms with Gasteiger partial charge in [0.05, 0.1) is 0 Å². The number of rotatable bonds is 4. The molecular formula is C21H22O. The second kappa shape index (κ2) is 7.22. The van der Waals surface area contributed by atoms with Crippen molar-refractivity contribution in [1.29, 1.82) is 0 Å². The average Bonchev–Trinajstić information content (AvgIpc) is 2.58. The van der Waals surface area contributed by atoms with Crippen molar-refractivity contribution < 1.29 is 4.79 Å². The van der Waals surface area contributed by atoms with Crippen LogP contribution in [0, 0.1) is 5.92 Å². The molecule has 3 rings (SSSR count). The molecule has 22 heavy (non-hydrogen) atoms. The van der Waals surface area contributed by atoms with E-state index in [4.69, 9.17) is 0 Å². The highest BCUT2D eigenvalue weighted by Gasteiger charge is 2.29. The van der Waals surface area contributed by atoms with Gasteiger partial charge in [-0.2, -0.15) is 0 Å². The Hall–Kier alpha value is -2.15. The lowest BCUT2D eigenvalue weighted by molar-refractivity contribution is -0.124. The van der Waals surface area contributed by atoms with Gasteiger partial charge in [0.15, 0.2) is 0 Å². The normalized spacial score (nSPS) is 20.2. The van der Waals surface area contributed by atoms with E-state index in [1.807, 2.05) is 24.3 Å². The van der Waals surface area contributed by atoms with Gasteiger partial charge in [0.1, 0.15) is 5.78 Å². The number of benzene rings is 2. The van der Waals surface area contributed by atoms with Crippen LogP contribution in [0.4, 0.5) is 0 Å². The van der Waals surface area contributed by atoms with E-state index in [1.54, 1.807) is 0 Å². The number of ketones is 1. The van der Waals surface area contributed by atoms with E-state index in [1.165, 1.54) is 17.5 Å². The molecule has 2 atom stereocenters. The number of carbonyl (C=O) groups excluding carboxylic acids is 1. The zero-order chi connectivity index (χ0) is 15.2. The molecule has 0 aliphatic heterocycles. The topological polar surface area (TPSA) is 17.1 Å². The molecule has 0 amide bonds. The van der Waals surface area contributed by atoms with E-state index in [2.05, 4.69) is 48.6 Å². The van der Waals surface area contributed by atoms with E-state index in [-0.39, 0.29) is 11.8 Å². The summed E-state index contributed by atoms with van der Waals surface area (Å²) in [5, 5.41) is 0. The van der Waals surface area contributed by atoms with Gasteiger partial charge in [-0.05, 0) is 24.0 Å². The van der Waals surface area contributed by atoms with Crippen LogP contribution in [-0.4, -0.2) is 5.78 Å². The van der Waals surface area contributed by atoms with Crippen LogP contribution in [0.3, 0.4) is 0 Å². The first-order chi connectivity index (χ1) is 10.8. The van der Waals surface area contributed by atoms with Crippen LogP contribution in [0.15, 0.2) is 66.7 Å². The number of hydrogen-bond donors (Lipinski definition) is 0. The van der Waals surface area contributed by atoms with E-state index in [9.17, 15) is 4.79 Å². The number of hydrogen-bond acceptors (Lipinski definition) is 1. The molecule has 0 radical (unpaired) electrons. The lowest BCUT2D eigenvalue weighted by Crippen LogP contribution is -2.24. The summed E-state index contributed by atoms with van der Waals surface area (Å²) in [5.74, 6) is 0.753. The second-order valence-corrected chi connectivity index (χ2v) is 6.02. The number of carbonyl (C=O) groups is 1. The Balaban J connectivity index is 1.89. The van der Waals surface area contributed by atoms with Crippen LogP contribution in [0.25, 0.3) is 6.08 Å². The maximum atomic E-state index is 12.4. The zero-order valence-corrected chi connectivity index (χ0v) is 12.8. The molecule has 0 N–H and O–H groups in total. The Kier molecular flexibility index (Phi) is 4.85. The minimum absolute atomic E-state index is 0.135. The molecule has 112 valence electrons. The Bertz CT molecular complexity index is 627. The molecule has 1 fully saturated rings. The fraction of sp³-hybridized carbons (Fsp3) is 0.286. The smallest absolute Gasteiger partial charge is 0.136 e. The molecule has 2 aromatic carbocycles. The lowest BCUT2D eigenvalue weighted by Gasteiger charge is -2.27. The molecule has 0 spiro atoms. The summed E-state index contributed by atoms with van der Waals surface area (Å²) in [6, 6.07) is 20.7. The highest BCUT2D eigenvalue weighted by molar-refractivity contribution is 5.83. The Morgan fingerprint density at radius 1 is 0.909 bits per heavy atom. The van der Waals surface area contributed by atoms with Gasteiger partial charge in [-0.15, -0.1) is 0 Å². The van der Waals surface area contributed by atoms with E-state index < -0.39 is 0 Å². The maximum absolute atomic E-state index is 12.4. The summed E-state index contributed by atoms with van der Waals surface area (Å²) in [4.78, 5) is 12.4. The van der Waals surface area contributed by atoms with Crippen molar-refractivity contribution in [3.8, 4) is 0 Å². The van der Waals surface area contributed by atoms with Gasteiger partial charge in [-0.1, -0.05) is 79.2 Å². The van der Waals surface area contributed by atoms with E-state index >= 15 is 0 Å². The Morgan fingerprint density at radius 3 is 2.27 bits per heavy atom. The molecule has 1 saturated carbocycles. The fourth-order valence-corrected chi connectivity index (χ4v) is 3.32. The maximum Gasteiger partial charge on any atom is 0.136 e.